The maximum atomic E-state index is 12.8. The second kappa shape index (κ2) is 8.96. The van der Waals surface area contributed by atoms with Crippen LogP contribution in [0.2, 0.25) is 0 Å². The number of Topliss-reactive ketones (excluding diaryl/α,β-unsaturated/α-hetero) is 1. The number of aromatic nitrogens is 5. The summed E-state index contributed by atoms with van der Waals surface area (Å²) in [5.41, 5.74) is 3.72. The van der Waals surface area contributed by atoms with Gasteiger partial charge in [-0.3, -0.25) is 4.79 Å². The molecule has 1 aromatic carbocycles. The number of aryl methyl sites for hydroxylation is 1. The molecule has 2 heterocycles. The van der Waals surface area contributed by atoms with Crippen LogP contribution in [0.15, 0.2) is 41.6 Å². The van der Waals surface area contributed by atoms with Crippen molar-refractivity contribution in [3.8, 4) is 5.69 Å². The van der Waals surface area contributed by atoms with E-state index in [1.807, 2.05) is 50.2 Å². The minimum absolute atomic E-state index is 0.0775. The van der Waals surface area contributed by atoms with E-state index in [-0.39, 0.29) is 11.5 Å². The molecule has 0 saturated carbocycles. The van der Waals surface area contributed by atoms with E-state index in [0.29, 0.717) is 11.8 Å². The topological polar surface area (TPSA) is 74.8 Å². The number of tetrazole rings is 1. The molecule has 27 heavy (non-hydrogen) atoms. The Balaban J connectivity index is 1.69. The number of hydrogen-bond acceptors (Lipinski definition) is 6. The summed E-state index contributed by atoms with van der Waals surface area (Å²) in [6, 6.07) is 11.6. The summed E-state index contributed by atoms with van der Waals surface area (Å²) in [6.07, 6.45) is 0.918. The number of carbonyl (C=O) groups excluding carboxylic acids is 1. The van der Waals surface area contributed by atoms with Crippen molar-refractivity contribution in [3.63, 3.8) is 0 Å². The second-order valence-electron chi connectivity index (χ2n) is 6.20. The van der Waals surface area contributed by atoms with Gasteiger partial charge in [-0.1, -0.05) is 30.0 Å². The summed E-state index contributed by atoms with van der Waals surface area (Å²) < 4.78 is 8.94. The molecule has 7 nitrogen and oxygen atoms in total. The number of ketones is 1. The van der Waals surface area contributed by atoms with Crippen molar-refractivity contribution in [1.29, 1.82) is 0 Å². The molecule has 3 aromatic rings. The van der Waals surface area contributed by atoms with Gasteiger partial charge in [0.1, 0.15) is 0 Å². The number of para-hydroxylation sites is 1. The standard InChI is InChI=1S/C19H23N5O2S/c1-14-12-17(15(2)23(14)10-7-11-26-3)18(25)13-27-19-20-21-22-24(19)16-8-5-4-6-9-16/h4-6,8-9,12H,7,10-11,13H2,1-3H3. The molecule has 0 N–H and O–H groups in total. The van der Waals surface area contributed by atoms with Gasteiger partial charge in [0.2, 0.25) is 5.16 Å². The predicted octanol–water partition coefficient (Wildman–Crippen LogP) is 3.09. The highest BCUT2D eigenvalue weighted by Gasteiger charge is 2.17. The van der Waals surface area contributed by atoms with Crippen LogP contribution in [0.1, 0.15) is 28.2 Å². The summed E-state index contributed by atoms with van der Waals surface area (Å²) in [5, 5.41) is 12.4. The van der Waals surface area contributed by atoms with Gasteiger partial charge in [0, 0.05) is 37.2 Å². The molecular formula is C19H23N5O2S. The van der Waals surface area contributed by atoms with Crippen molar-refractivity contribution in [1.82, 2.24) is 24.8 Å². The Bertz CT molecular complexity index is 904. The molecule has 0 atom stereocenters. The molecule has 0 aliphatic rings. The molecule has 0 saturated heterocycles. The van der Waals surface area contributed by atoms with Gasteiger partial charge in [0.05, 0.1) is 11.4 Å². The van der Waals surface area contributed by atoms with Crippen LogP contribution in [0.4, 0.5) is 0 Å². The van der Waals surface area contributed by atoms with E-state index in [1.165, 1.54) is 11.8 Å². The lowest BCUT2D eigenvalue weighted by Crippen LogP contribution is -2.08. The van der Waals surface area contributed by atoms with Crippen molar-refractivity contribution in [3.05, 3.63) is 53.3 Å². The molecule has 0 aliphatic heterocycles. The molecule has 0 fully saturated rings. The Morgan fingerprint density at radius 2 is 2.00 bits per heavy atom. The monoisotopic (exact) mass is 385 g/mol. The first-order valence-electron chi connectivity index (χ1n) is 8.77. The molecule has 0 amide bonds. The molecule has 142 valence electrons. The predicted molar refractivity (Wildman–Crippen MR) is 105 cm³/mol. The lowest BCUT2D eigenvalue weighted by molar-refractivity contribution is 0.102. The van der Waals surface area contributed by atoms with Gasteiger partial charge in [0.25, 0.3) is 0 Å². The zero-order valence-electron chi connectivity index (χ0n) is 15.8. The maximum absolute atomic E-state index is 12.8. The quantitative estimate of drug-likeness (QED) is 0.320. The number of hydrogen-bond donors (Lipinski definition) is 0. The summed E-state index contributed by atoms with van der Waals surface area (Å²) in [7, 11) is 1.70. The zero-order chi connectivity index (χ0) is 19.2. The van der Waals surface area contributed by atoms with Gasteiger partial charge >= 0.3 is 0 Å². The van der Waals surface area contributed by atoms with Gasteiger partial charge in [-0.15, -0.1) is 5.10 Å². The number of methoxy groups -OCH3 is 1. The highest BCUT2D eigenvalue weighted by Crippen LogP contribution is 2.22. The molecule has 0 aliphatic carbocycles. The lowest BCUT2D eigenvalue weighted by Gasteiger charge is -2.09. The minimum atomic E-state index is 0.0775. The van der Waals surface area contributed by atoms with Crippen molar-refractivity contribution < 1.29 is 9.53 Å². The minimum Gasteiger partial charge on any atom is -0.385 e. The van der Waals surface area contributed by atoms with Crippen molar-refractivity contribution >= 4 is 17.5 Å². The number of thioether (sulfide) groups is 1. The Kier molecular flexibility index (Phi) is 6.41. The number of benzene rings is 1. The van der Waals surface area contributed by atoms with E-state index in [0.717, 1.165) is 35.6 Å². The van der Waals surface area contributed by atoms with E-state index in [9.17, 15) is 4.79 Å². The number of carbonyl (C=O) groups is 1. The van der Waals surface area contributed by atoms with Crippen LogP contribution in [0.25, 0.3) is 5.69 Å². The summed E-state index contributed by atoms with van der Waals surface area (Å²) in [5.74, 6) is 0.365. The van der Waals surface area contributed by atoms with Crippen LogP contribution < -0.4 is 0 Å². The van der Waals surface area contributed by atoms with Crippen molar-refractivity contribution in [2.24, 2.45) is 0 Å². The molecule has 0 bridgehead atoms. The Morgan fingerprint density at radius 3 is 2.74 bits per heavy atom. The molecule has 0 spiro atoms. The molecule has 3 rings (SSSR count). The number of nitrogens with zero attached hydrogens (tertiary/aromatic N) is 5. The second-order valence-corrected chi connectivity index (χ2v) is 7.15. The molecule has 2 aromatic heterocycles. The van der Waals surface area contributed by atoms with Gasteiger partial charge in [-0.2, -0.15) is 4.68 Å². The van der Waals surface area contributed by atoms with E-state index < -0.39 is 0 Å². The van der Waals surface area contributed by atoms with Gasteiger partial charge in [0.15, 0.2) is 5.78 Å². The molecule has 0 unspecified atom stereocenters. The molecule has 8 heteroatoms. The van der Waals surface area contributed by atoms with Crippen LogP contribution in [0, 0.1) is 13.8 Å². The van der Waals surface area contributed by atoms with E-state index >= 15 is 0 Å². The van der Waals surface area contributed by atoms with Crippen molar-refractivity contribution in [2.75, 3.05) is 19.5 Å². The smallest absolute Gasteiger partial charge is 0.214 e. The number of ether oxygens (including phenoxy) is 1. The van der Waals surface area contributed by atoms with E-state index in [1.54, 1.807) is 11.8 Å². The fourth-order valence-corrected chi connectivity index (χ4v) is 3.78. The van der Waals surface area contributed by atoms with Crippen LogP contribution >= 0.6 is 11.8 Å². The molecular weight excluding hydrogens is 362 g/mol. The molecule has 0 radical (unpaired) electrons. The highest BCUT2D eigenvalue weighted by molar-refractivity contribution is 7.99. The normalized spacial score (nSPS) is 11.1. The largest absolute Gasteiger partial charge is 0.385 e. The van der Waals surface area contributed by atoms with Crippen LogP contribution in [0.5, 0.6) is 0 Å². The Labute approximate surface area is 162 Å². The summed E-state index contributed by atoms with van der Waals surface area (Å²) in [6.45, 7) is 5.57. The summed E-state index contributed by atoms with van der Waals surface area (Å²) in [4.78, 5) is 12.8. The average Bonchev–Trinajstić information content (AvgIpc) is 3.26. The number of rotatable bonds is 9. The third-order valence-electron chi connectivity index (χ3n) is 4.38. The lowest BCUT2D eigenvalue weighted by atomic mass is 10.2. The fourth-order valence-electron chi connectivity index (χ4n) is 3.00. The first-order chi connectivity index (χ1) is 13.1. The van der Waals surface area contributed by atoms with Gasteiger partial charge in [-0.25, -0.2) is 0 Å². The average molecular weight is 385 g/mol. The summed E-state index contributed by atoms with van der Waals surface area (Å²) >= 11 is 1.34. The fraction of sp³-hybridized carbons (Fsp3) is 0.368. The zero-order valence-corrected chi connectivity index (χ0v) is 16.6. The van der Waals surface area contributed by atoms with E-state index in [4.69, 9.17) is 4.74 Å². The first-order valence-corrected chi connectivity index (χ1v) is 9.76. The van der Waals surface area contributed by atoms with Crippen LogP contribution in [-0.2, 0) is 11.3 Å². The highest BCUT2D eigenvalue weighted by atomic mass is 32.2. The first kappa shape index (κ1) is 19.3. The van der Waals surface area contributed by atoms with Gasteiger partial charge < -0.3 is 9.30 Å². The Morgan fingerprint density at radius 1 is 1.22 bits per heavy atom. The van der Waals surface area contributed by atoms with Crippen LogP contribution in [-0.4, -0.2) is 50.0 Å². The Hall–Kier alpha value is -2.45. The third-order valence-corrected chi connectivity index (χ3v) is 5.30. The van der Waals surface area contributed by atoms with Crippen molar-refractivity contribution in [2.45, 2.75) is 32.0 Å². The van der Waals surface area contributed by atoms with Crippen LogP contribution in [0.3, 0.4) is 0 Å². The SMILES string of the molecule is COCCCn1c(C)cc(C(=O)CSc2nnnn2-c2ccccc2)c1C. The van der Waals surface area contributed by atoms with Gasteiger partial charge in [-0.05, 0) is 48.9 Å². The maximum Gasteiger partial charge on any atom is 0.214 e. The van der Waals surface area contributed by atoms with E-state index in [2.05, 4.69) is 20.1 Å². The third kappa shape index (κ3) is 4.45.